The molecule has 120 valence electrons. The van der Waals surface area contributed by atoms with Crippen LogP contribution in [0.15, 0.2) is 24.3 Å². The minimum atomic E-state index is -0.319. The molecule has 2 fully saturated rings. The summed E-state index contributed by atoms with van der Waals surface area (Å²) < 4.78 is 24.6. The maximum absolute atomic E-state index is 13.4. The van der Waals surface area contributed by atoms with Gasteiger partial charge in [-0.15, -0.1) is 0 Å². The van der Waals surface area contributed by atoms with Gasteiger partial charge in [0.15, 0.2) is 0 Å². The summed E-state index contributed by atoms with van der Waals surface area (Å²) in [7, 11) is 0. The number of amides is 1. The highest BCUT2D eigenvalue weighted by Crippen LogP contribution is 2.23. The van der Waals surface area contributed by atoms with Gasteiger partial charge in [-0.1, -0.05) is 12.1 Å². The number of halogens is 1. The summed E-state index contributed by atoms with van der Waals surface area (Å²) in [5.41, 5.74) is 0.762. The molecule has 1 aromatic carbocycles. The third-order valence-electron chi connectivity index (χ3n) is 4.18. The molecular weight excluding hydrogens is 287 g/mol. The number of hydrogen-bond donors (Lipinski definition) is 1. The Labute approximate surface area is 129 Å². The van der Waals surface area contributed by atoms with E-state index in [0.29, 0.717) is 32.8 Å². The zero-order chi connectivity index (χ0) is 15.5. The van der Waals surface area contributed by atoms with Gasteiger partial charge in [-0.2, -0.15) is 0 Å². The van der Waals surface area contributed by atoms with Gasteiger partial charge in [-0.3, -0.25) is 4.79 Å². The highest BCUT2D eigenvalue weighted by molar-refractivity contribution is 5.82. The smallest absolute Gasteiger partial charge is 0.242 e. The molecule has 3 rings (SSSR count). The molecule has 22 heavy (non-hydrogen) atoms. The largest absolute Gasteiger partial charge is 0.375 e. The van der Waals surface area contributed by atoms with Crippen molar-refractivity contribution >= 4 is 5.91 Å². The topological polar surface area (TPSA) is 50.8 Å². The molecule has 2 heterocycles. The van der Waals surface area contributed by atoms with E-state index >= 15 is 0 Å². The number of nitrogens with one attached hydrogen (secondary N) is 1. The second kappa shape index (κ2) is 6.73. The molecule has 2 aliphatic rings. The molecule has 2 aliphatic heterocycles. The van der Waals surface area contributed by atoms with Crippen molar-refractivity contribution in [3.05, 3.63) is 35.6 Å². The highest BCUT2D eigenvalue weighted by Gasteiger charge is 2.34. The molecule has 1 N–H and O–H groups in total. The third-order valence-corrected chi connectivity index (χ3v) is 4.18. The average Bonchev–Trinajstić information content (AvgIpc) is 2.55. The minimum Gasteiger partial charge on any atom is -0.375 e. The molecule has 3 atom stereocenters. The third kappa shape index (κ3) is 3.29. The van der Waals surface area contributed by atoms with Gasteiger partial charge in [0.05, 0.1) is 25.9 Å². The lowest BCUT2D eigenvalue weighted by atomic mass is 10.1. The van der Waals surface area contributed by atoms with Crippen molar-refractivity contribution in [3.8, 4) is 0 Å². The first-order valence-corrected chi connectivity index (χ1v) is 7.66. The first-order chi connectivity index (χ1) is 10.6. The van der Waals surface area contributed by atoms with Crippen LogP contribution in [0.4, 0.5) is 4.39 Å². The first-order valence-electron chi connectivity index (χ1n) is 7.66. The van der Waals surface area contributed by atoms with Crippen LogP contribution in [0.3, 0.4) is 0 Å². The van der Waals surface area contributed by atoms with E-state index in [-0.39, 0.29) is 30.0 Å². The summed E-state index contributed by atoms with van der Waals surface area (Å²) in [4.78, 5) is 14.4. The Kier molecular flexibility index (Phi) is 4.71. The second-order valence-corrected chi connectivity index (χ2v) is 5.71. The minimum absolute atomic E-state index is 0.0249. The Morgan fingerprint density at radius 1 is 1.36 bits per heavy atom. The van der Waals surface area contributed by atoms with Gasteiger partial charge in [0.25, 0.3) is 0 Å². The van der Waals surface area contributed by atoms with E-state index in [9.17, 15) is 9.18 Å². The molecule has 6 heteroatoms. The number of hydrogen-bond acceptors (Lipinski definition) is 4. The van der Waals surface area contributed by atoms with Crippen LogP contribution in [0.5, 0.6) is 0 Å². The maximum Gasteiger partial charge on any atom is 0.242 e. The lowest BCUT2D eigenvalue weighted by Gasteiger charge is -2.38. The number of carbonyl (C=O) groups is 1. The molecule has 0 aromatic heterocycles. The standard InChI is InChI=1S/C16H21FN2O3/c1-11-15(18-5-7-21-11)16(20)19-6-8-22-14(10-19)12-3-2-4-13(17)9-12/h2-4,9,11,14-15,18H,5-8,10H2,1H3/t11-,14?,15+/m1/s1. The fourth-order valence-corrected chi connectivity index (χ4v) is 2.96. The molecule has 0 bridgehead atoms. The van der Waals surface area contributed by atoms with E-state index in [1.807, 2.05) is 13.0 Å². The Bertz CT molecular complexity index is 540. The molecule has 1 aromatic rings. The number of morpholine rings is 2. The number of nitrogens with zero attached hydrogens (tertiary/aromatic N) is 1. The maximum atomic E-state index is 13.4. The molecule has 1 amide bonds. The number of carbonyl (C=O) groups excluding carboxylic acids is 1. The van der Waals surface area contributed by atoms with Crippen LogP contribution in [-0.2, 0) is 14.3 Å². The van der Waals surface area contributed by atoms with Crippen molar-refractivity contribution in [3.63, 3.8) is 0 Å². The summed E-state index contributed by atoms with van der Waals surface area (Å²) in [6, 6.07) is 6.03. The van der Waals surface area contributed by atoms with Crippen LogP contribution in [-0.4, -0.2) is 55.8 Å². The lowest BCUT2D eigenvalue weighted by molar-refractivity contribution is -0.147. The molecule has 0 spiro atoms. The highest BCUT2D eigenvalue weighted by atomic mass is 19.1. The van der Waals surface area contributed by atoms with Gasteiger partial charge in [-0.25, -0.2) is 4.39 Å². The summed E-state index contributed by atoms with van der Waals surface area (Å²) >= 11 is 0. The predicted molar refractivity (Wildman–Crippen MR) is 78.9 cm³/mol. The van der Waals surface area contributed by atoms with E-state index in [2.05, 4.69) is 5.32 Å². The summed E-state index contributed by atoms with van der Waals surface area (Å²) in [6.45, 7) is 4.65. The van der Waals surface area contributed by atoms with Crippen molar-refractivity contribution < 1.29 is 18.7 Å². The van der Waals surface area contributed by atoms with Crippen LogP contribution in [0.1, 0.15) is 18.6 Å². The van der Waals surface area contributed by atoms with Crippen LogP contribution in [0.2, 0.25) is 0 Å². The molecule has 2 saturated heterocycles. The van der Waals surface area contributed by atoms with Gasteiger partial charge in [0.1, 0.15) is 18.0 Å². The zero-order valence-corrected chi connectivity index (χ0v) is 12.6. The quantitative estimate of drug-likeness (QED) is 0.889. The molecule has 0 saturated carbocycles. The Morgan fingerprint density at radius 3 is 3.00 bits per heavy atom. The van der Waals surface area contributed by atoms with Gasteiger partial charge in [-0.05, 0) is 24.6 Å². The fourth-order valence-electron chi connectivity index (χ4n) is 2.96. The molecule has 1 unspecified atom stereocenters. The van der Waals surface area contributed by atoms with E-state index < -0.39 is 0 Å². The van der Waals surface area contributed by atoms with Crippen molar-refractivity contribution in [1.82, 2.24) is 10.2 Å². The predicted octanol–water partition coefficient (Wildman–Crippen LogP) is 1.10. The summed E-state index contributed by atoms with van der Waals surface area (Å²) in [6.07, 6.45) is -0.426. The molecule has 5 nitrogen and oxygen atoms in total. The zero-order valence-electron chi connectivity index (χ0n) is 12.6. The SMILES string of the molecule is C[C@H]1OCCN[C@@H]1C(=O)N1CCOC(c2cccc(F)c2)C1. The van der Waals surface area contributed by atoms with E-state index in [0.717, 1.165) is 5.56 Å². The van der Waals surface area contributed by atoms with Crippen molar-refractivity contribution in [1.29, 1.82) is 0 Å². The number of benzene rings is 1. The van der Waals surface area contributed by atoms with E-state index in [1.54, 1.807) is 11.0 Å². The molecule has 0 aliphatic carbocycles. The van der Waals surface area contributed by atoms with Crippen LogP contribution in [0, 0.1) is 5.82 Å². The molecular formula is C16H21FN2O3. The Balaban J connectivity index is 1.68. The van der Waals surface area contributed by atoms with Crippen molar-refractivity contribution in [2.75, 3.05) is 32.8 Å². The van der Waals surface area contributed by atoms with Gasteiger partial charge in [0.2, 0.25) is 5.91 Å². The Morgan fingerprint density at radius 2 is 2.23 bits per heavy atom. The summed E-state index contributed by atoms with van der Waals surface area (Å²) in [5, 5.41) is 3.21. The Hall–Kier alpha value is -1.50. The average molecular weight is 308 g/mol. The second-order valence-electron chi connectivity index (χ2n) is 5.71. The molecule has 0 radical (unpaired) electrons. The lowest BCUT2D eigenvalue weighted by Crippen LogP contribution is -2.58. The summed E-state index contributed by atoms with van der Waals surface area (Å²) in [5.74, 6) is -0.266. The van der Waals surface area contributed by atoms with Crippen LogP contribution >= 0.6 is 0 Å². The van der Waals surface area contributed by atoms with Crippen molar-refractivity contribution in [2.24, 2.45) is 0 Å². The van der Waals surface area contributed by atoms with Gasteiger partial charge < -0.3 is 19.7 Å². The van der Waals surface area contributed by atoms with Crippen LogP contribution in [0.25, 0.3) is 0 Å². The van der Waals surface area contributed by atoms with Gasteiger partial charge in [0, 0.05) is 13.1 Å². The fraction of sp³-hybridized carbons (Fsp3) is 0.562. The van der Waals surface area contributed by atoms with Crippen LogP contribution < -0.4 is 5.32 Å². The number of ether oxygens (including phenoxy) is 2. The van der Waals surface area contributed by atoms with Gasteiger partial charge >= 0.3 is 0 Å². The number of rotatable bonds is 2. The monoisotopic (exact) mass is 308 g/mol. The van der Waals surface area contributed by atoms with E-state index in [4.69, 9.17) is 9.47 Å². The normalized spacial score (nSPS) is 29.4. The van der Waals surface area contributed by atoms with Crippen molar-refractivity contribution in [2.45, 2.75) is 25.2 Å². The first kappa shape index (κ1) is 15.4. The van der Waals surface area contributed by atoms with E-state index in [1.165, 1.54) is 12.1 Å².